The molecule has 1 saturated heterocycles. The molecule has 0 radical (unpaired) electrons. The molecule has 1 rings (SSSR count). The Bertz CT molecular complexity index is 149. The Morgan fingerprint density at radius 2 is 2.64 bits per heavy atom. The lowest BCUT2D eigenvalue weighted by Crippen LogP contribution is -2.37. The molecule has 1 heterocycles. The molecule has 1 aliphatic heterocycles. The summed E-state index contributed by atoms with van der Waals surface area (Å²) in [6, 6.07) is -0.206. The van der Waals surface area contributed by atoms with Crippen molar-refractivity contribution in [2.24, 2.45) is 0 Å². The summed E-state index contributed by atoms with van der Waals surface area (Å²) in [5, 5.41) is 11.9. The number of hydrogen-bond acceptors (Lipinski definition) is 3. The van der Waals surface area contributed by atoms with Gasteiger partial charge in [-0.05, 0) is 6.42 Å². The first-order valence-corrected chi connectivity index (χ1v) is 3.85. The molecule has 4 nitrogen and oxygen atoms in total. The van der Waals surface area contributed by atoms with Crippen LogP contribution in [0.15, 0.2) is 0 Å². The standard InChI is InChI=1S/C7H13NO3/c1-2-3-6(9)5-4-11-7(10)8-5/h5-6,9H,2-4H2,1H3,(H,8,10)/t5-,6+/m1/s1. The number of carbonyl (C=O) groups excluding carboxylic acids is 1. The van der Waals surface area contributed by atoms with Gasteiger partial charge in [-0.2, -0.15) is 0 Å². The summed E-state index contributed by atoms with van der Waals surface area (Å²) in [5.41, 5.74) is 0. The third-order valence-corrected chi connectivity index (χ3v) is 1.75. The van der Waals surface area contributed by atoms with Crippen LogP contribution in [-0.2, 0) is 4.74 Å². The van der Waals surface area contributed by atoms with Crippen molar-refractivity contribution in [3.05, 3.63) is 0 Å². The van der Waals surface area contributed by atoms with Gasteiger partial charge in [-0.15, -0.1) is 0 Å². The molecule has 0 unspecified atom stereocenters. The largest absolute Gasteiger partial charge is 0.447 e. The Kier molecular flexibility index (Phi) is 2.70. The van der Waals surface area contributed by atoms with Crippen LogP contribution in [0.5, 0.6) is 0 Å². The Morgan fingerprint density at radius 1 is 1.91 bits per heavy atom. The van der Waals surface area contributed by atoms with Gasteiger partial charge in [0.15, 0.2) is 0 Å². The molecule has 0 aliphatic carbocycles. The fraction of sp³-hybridized carbons (Fsp3) is 0.857. The summed E-state index contributed by atoms with van der Waals surface area (Å²) in [7, 11) is 0. The molecule has 1 fully saturated rings. The van der Waals surface area contributed by atoms with E-state index < -0.39 is 12.2 Å². The number of carbonyl (C=O) groups is 1. The molecule has 0 aromatic rings. The molecular weight excluding hydrogens is 146 g/mol. The van der Waals surface area contributed by atoms with Gasteiger partial charge in [0, 0.05) is 0 Å². The predicted molar refractivity (Wildman–Crippen MR) is 39.2 cm³/mol. The minimum atomic E-state index is -0.466. The highest BCUT2D eigenvalue weighted by Crippen LogP contribution is 2.07. The van der Waals surface area contributed by atoms with Crippen molar-refractivity contribution in [2.45, 2.75) is 31.9 Å². The molecule has 0 bridgehead atoms. The number of aliphatic hydroxyl groups is 1. The Hall–Kier alpha value is -0.770. The number of aliphatic hydroxyl groups excluding tert-OH is 1. The zero-order valence-electron chi connectivity index (χ0n) is 6.54. The van der Waals surface area contributed by atoms with Crippen molar-refractivity contribution >= 4 is 6.09 Å². The minimum Gasteiger partial charge on any atom is -0.447 e. The predicted octanol–water partition coefficient (Wildman–Crippen LogP) is 0.256. The first-order chi connectivity index (χ1) is 5.24. The van der Waals surface area contributed by atoms with Gasteiger partial charge in [-0.3, -0.25) is 0 Å². The number of hydrogen-bond donors (Lipinski definition) is 2. The van der Waals surface area contributed by atoms with Crippen LogP contribution in [0.1, 0.15) is 19.8 Å². The van der Waals surface area contributed by atoms with Gasteiger partial charge in [-0.25, -0.2) is 4.79 Å². The fourth-order valence-electron chi connectivity index (χ4n) is 1.10. The van der Waals surface area contributed by atoms with Crippen LogP contribution >= 0.6 is 0 Å². The van der Waals surface area contributed by atoms with Crippen LogP contribution in [0.2, 0.25) is 0 Å². The monoisotopic (exact) mass is 159 g/mol. The van der Waals surface area contributed by atoms with Crippen molar-refractivity contribution in [3.63, 3.8) is 0 Å². The average molecular weight is 159 g/mol. The van der Waals surface area contributed by atoms with E-state index in [0.29, 0.717) is 13.0 Å². The lowest BCUT2D eigenvalue weighted by atomic mass is 10.1. The number of cyclic esters (lactones) is 1. The molecule has 0 spiro atoms. The number of ether oxygens (including phenoxy) is 1. The second kappa shape index (κ2) is 3.57. The first-order valence-electron chi connectivity index (χ1n) is 3.85. The highest BCUT2D eigenvalue weighted by Gasteiger charge is 2.27. The maximum Gasteiger partial charge on any atom is 0.407 e. The molecule has 2 atom stereocenters. The zero-order chi connectivity index (χ0) is 8.27. The van der Waals surface area contributed by atoms with Gasteiger partial charge in [0.05, 0.1) is 12.1 Å². The molecule has 0 aromatic heterocycles. The maximum atomic E-state index is 10.5. The van der Waals surface area contributed by atoms with Crippen molar-refractivity contribution in [1.29, 1.82) is 0 Å². The molecule has 1 aliphatic rings. The summed E-state index contributed by atoms with van der Waals surface area (Å²) < 4.78 is 4.62. The lowest BCUT2D eigenvalue weighted by Gasteiger charge is -2.13. The van der Waals surface area contributed by atoms with Crippen molar-refractivity contribution in [1.82, 2.24) is 5.32 Å². The van der Waals surface area contributed by atoms with Gasteiger partial charge < -0.3 is 15.2 Å². The van der Waals surface area contributed by atoms with E-state index >= 15 is 0 Å². The molecule has 64 valence electrons. The topological polar surface area (TPSA) is 58.6 Å². The van der Waals surface area contributed by atoms with Crippen LogP contribution < -0.4 is 5.32 Å². The number of amides is 1. The Labute approximate surface area is 65.5 Å². The number of rotatable bonds is 3. The third-order valence-electron chi connectivity index (χ3n) is 1.75. The fourth-order valence-corrected chi connectivity index (χ4v) is 1.10. The van der Waals surface area contributed by atoms with Crippen molar-refractivity contribution in [2.75, 3.05) is 6.61 Å². The van der Waals surface area contributed by atoms with Crippen LogP contribution in [0.4, 0.5) is 4.79 Å². The van der Waals surface area contributed by atoms with Gasteiger partial charge in [0.1, 0.15) is 6.61 Å². The van der Waals surface area contributed by atoms with Gasteiger partial charge in [-0.1, -0.05) is 13.3 Å². The van der Waals surface area contributed by atoms with Gasteiger partial charge in [0.25, 0.3) is 0 Å². The molecular formula is C7H13NO3. The molecule has 0 aromatic carbocycles. The van der Waals surface area contributed by atoms with E-state index in [1.54, 1.807) is 0 Å². The molecule has 11 heavy (non-hydrogen) atoms. The van der Waals surface area contributed by atoms with E-state index in [1.165, 1.54) is 0 Å². The Morgan fingerprint density at radius 3 is 3.09 bits per heavy atom. The van der Waals surface area contributed by atoms with Crippen LogP contribution in [0, 0.1) is 0 Å². The lowest BCUT2D eigenvalue weighted by molar-refractivity contribution is 0.116. The SMILES string of the molecule is CCC[C@H](O)[C@H]1COC(=O)N1. The Balaban J connectivity index is 2.30. The third kappa shape index (κ3) is 2.08. The second-order valence-electron chi connectivity index (χ2n) is 2.71. The van der Waals surface area contributed by atoms with Crippen molar-refractivity contribution < 1.29 is 14.6 Å². The van der Waals surface area contributed by atoms with Gasteiger partial charge >= 0.3 is 6.09 Å². The highest BCUT2D eigenvalue weighted by atomic mass is 16.6. The number of nitrogens with one attached hydrogen (secondary N) is 1. The van der Waals surface area contributed by atoms with E-state index in [-0.39, 0.29) is 6.04 Å². The molecule has 1 amide bonds. The van der Waals surface area contributed by atoms with Gasteiger partial charge in [0.2, 0.25) is 0 Å². The summed E-state index contributed by atoms with van der Waals surface area (Å²) in [5.74, 6) is 0. The maximum absolute atomic E-state index is 10.5. The van der Waals surface area contributed by atoms with E-state index in [9.17, 15) is 9.90 Å². The van der Waals surface area contributed by atoms with E-state index in [2.05, 4.69) is 10.1 Å². The molecule has 2 N–H and O–H groups in total. The van der Waals surface area contributed by atoms with Crippen LogP contribution in [0.25, 0.3) is 0 Å². The molecule has 0 saturated carbocycles. The van der Waals surface area contributed by atoms with Crippen LogP contribution in [-0.4, -0.2) is 30.0 Å². The van der Waals surface area contributed by atoms with E-state index in [4.69, 9.17) is 0 Å². The van der Waals surface area contributed by atoms with Crippen molar-refractivity contribution in [3.8, 4) is 0 Å². The second-order valence-corrected chi connectivity index (χ2v) is 2.71. The summed E-state index contributed by atoms with van der Waals surface area (Å²) >= 11 is 0. The van der Waals surface area contributed by atoms with Crippen LogP contribution in [0.3, 0.4) is 0 Å². The highest BCUT2D eigenvalue weighted by molar-refractivity contribution is 5.69. The summed E-state index contributed by atoms with van der Waals surface area (Å²) in [6.45, 7) is 2.28. The first kappa shape index (κ1) is 8.33. The quantitative estimate of drug-likeness (QED) is 0.620. The molecule has 4 heteroatoms. The summed E-state index contributed by atoms with van der Waals surface area (Å²) in [6.07, 6.45) is 0.721. The minimum absolute atomic E-state index is 0.206. The number of alkyl carbamates (subject to hydrolysis) is 1. The smallest absolute Gasteiger partial charge is 0.407 e. The van der Waals surface area contributed by atoms with E-state index in [0.717, 1.165) is 6.42 Å². The normalized spacial score (nSPS) is 26.0. The average Bonchev–Trinajstić information content (AvgIpc) is 2.36. The zero-order valence-corrected chi connectivity index (χ0v) is 6.54. The summed E-state index contributed by atoms with van der Waals surface area (Å²) in [4.78, 5) is 10.5. The van der Waals surface area contributed by atoms with E-state index in [1.807, 2.05) is 6.92 Å².